The molecule has 0 aliphatic carbocycles. The molecule has 2 aromatic carbocycles. The molecule has 0 radical (unpaired) electrons. The van der Waals surface area contributed by atoms with Crippen molar-refractivity contribution in [3.05, 3.63) is 54.1 Å². The molecule has 2 rings (SSSR count). The van der Waals surface area contributed by atoms with Crippen LogP contribution in [0, 0.1) is 0 Å². The van der Waals surface area contributed by atoms with Gasteiger partial charge in [0.2, 0.25) is 0 Å². The second kappa shape index (κ2) is 5.05. The van der Waals surface area contributed by atoms with Crippen molar-refractivity contribution in [1.29, 1.82) is 0 Å². The summed E-state index contributed by atoms with van der Waals surface area (Å²) < 4.78 is 5.22. The second-order valence-corrected chi connectivity index (χ2v) is 4.50. The smallest absolute Gasteiger partial charge is 0.119 e. The number of fused-ring (bicyclic) bond motifs is 1. The minimum absolute atomic E-state index is 0.909. The topological polar surface area (TPSA) is 9.23 Å². The molecule has 2 aromatic rings. The Kier molecular flexibility index (Phi) is 3.48. The molecule has 0 saturated carbocycles. The van der Waals surface area contributed by atoms with Crippen LogP contribution in [0.15, 0.2) is 48.6 Å². The Morgan fingerprint density at radius 3 is 2.53 bits per heavy atom. The van der Waals surface area contributed by atoms with E-state index in [0.29, 0.717) is 0 Å². The Morgan fingerprint density at radius 2 is 1.82 bits per heavy atom. The zero-order valence-corrected chi connectivity index (χ0v) is 10.5. The Hall–Kier alpha value is -1.76. The highest BCUT2D eigenvalue weighted by Gasteiger charge is 1.99. The van der Waals surface area contributed by atoms with E-state index in [1.165, 1.54) is 21.9 Å². The molecule has 0 bridgehead atoms. The molecule has 0 N–H and O–H groups in total. The van der Waals surface area contributed by atoms with Crippen molar-refractivity contribution in [2.45, 2.75) is 19.8 Å². The van der Waals surface area contributed by atoms with E-state index >= 15 is 0 Å². The molecule has 0 amide bonds. The maximum atomic E-state index is 5.22. The highest BCUT2D eigenvalue weighted by Crippen LogP contribution is 2.22. The van der Waals surface area contributed by atoms with Crippen molar-refractivity contribution in [3.63, 3.8) is 0 Å². The fourth-order valence-electron chi connectivity index (χ4n) is 1.91. The summed E-state index contributed by atoms with van der Waals surface area (Å²) in [4.78, 5) is 0. The van der Waals surface area contributed by atoms with Crippen molar-refractivity contribution in [2.24, 2.45) is 0 Å². The molecule has 0 heterocycles. The molecular weight excluding hydrogens is 208 g/mol. The molecule has 0 aliphatic rings. The van der Waals surface area contributed by atoms with E-state index in [0.717, 1.165) is 18.6 Å². The molecule has 0 aromatic heterocycles. The van der Waals surface area contributed by atoms with E-state index in [1.807, 2.05) is 6.07 Å². The van der Waals surface area contributed by atoms with E-state index < -0.39 is 0 Å². The number of aryl methyl sites for hydroxylation is 1. The van der Waals surface area contributed by atoms with Crippen LogP contribution < -0.4 is 4.74 Å². The van der Waals surface area contributed by atoms with Gasteiger partial charge in [-0.3, -0.25) is 0 Å². The van der Waals surface area contributed by atoms with E-state index in [4.69, 9.17) is 4.74 Å². The number of hydrogen-bond acceptors (Lipinski definition) is 1. The molecular formula is C16H18O. The van der Waals surface area contributed by atoms with Gasteiger partial charge in [-0.2, -0.15) is 0 Å². The molecule has 0 saturated heterocycles. The van der Waals surface area contributed by atoms with Gasteiger partial charge in [-0.05, 0) is 48.2 Å². The van der Waals surface area contributed by atoms with Gasteiger partial charge in [0.05, 0.1) is 7.11 Å². The number of benzene rings is 2. The minimum Gasteiger partial charge on any atom is -0.497 e. The van der Waals surface area contributed by atoms with Crippen molar-refractivity contribution >= 4 is 10.8 Å². The van der Waals surface area contributed by atoms with Crippen molar-refractivity contribution in [3.8, 4) is 5.75 Å². The Balaban J connectivity index is 2.28. The van der Waals surface area contributed by atoms with Crippen LogP contribution in [0.2, 0.25) is 0 Å². The van der Waals surface area contributed by atoms with E-state index in [-0.39, 0.29) is 0 Å². The van der Waals surface area contributed by atoms with Gasteiger partial charge in [-0.15, -0.1) is 6.58 Å². The molecule has 0 fully saturated rings. The third-order valence-electron chi connectivity index (χ3n) is 2.95. The molecule has 17 heavy (non-hydrogen) atoms. The first-order chi connectivity index (χ1) is 8.19. The van der Waals surface area contributed by atoms with Gasteiger partial charge in [0.25, 0.3) is 0 Å². The van der Waals surface area contributed by atoms with Crippen LogP contribution in [0.3, 0.4) is 0 Å². The third kappa shape index (κ3) is 2.88. The zero-order chi connectivity index (χ0) is 12.3. The summed E-state index contributed by atoms with van der Waals surface area (Å²) >= 11 is 0. The van der Waals surface area contributed by atoms with Crippen LogP contribution in [-0.2, 0) is 6.42 Å². The molecule has 0 unspecified atom stereocenters. The van der Waals surface area contributed by atoms with Crippen LogP contribution in [0.1, 0.15) is 18.9 Å². The lowest BCUT2D eigenvalue weighted by atomic mass is 10.0. The largest absolute Gasteiger partial charge is 0.497 e. The van der Waals surface area contributed by atoms with Gasteiger partial charge in [-0.1, -0.05) is 29.8 Å². The Bertz CT molecular complexity index is 540. The Labute approximate surface area is 103 Å². The first-order valence-electron chi connectivity index (χ1n) is 5.90. The molecule has 88 valence electrons. The Morgan fingerprint density at radius 1 is 1.12 bits per heavy atom. The van der Waals surface area contributed by atoms with Crippen LogP contribution in [0.5, 0.6) is 5.75 Å². The highest BCUT2D eigenvalue weighted by molar-refractivity contribution is 5.84. The maximum absolute atomic E-state index is 5.22. The van der Waals surface area contributed by atoms with Crippen molar-refractivity contribution in [1.82, 2.24) is 0 Å². The summed E-state index contributed by atoms with van der Waals surface area (Å²) in [5, 5.41) is 2.49. The minimum atomic E-state index is 0.909. The van der Waals surface area contributed by atoms with Gasteiger partial charge >= 0.3 is 0 Å². The molecule has 0 spiro atoms. The molecule has 0 atom stereocenters. The van der Waals surface area contributed by atoms with Gasteiger partial charge < -0.3 is 4.74 Å². The highest BCUT2D eigenvalue weighted by atomic mass is 16.5. The lowest BCUT2D eigenvalue weighted by molar-refractivity contribution is 0.415. The second-order valence-electron chi connectivity index (χ2n) is 4.50. The fourth-order valence-corrected chi connectivity index (χ4v) is 1.91. The van der Waals surface area contributed by atoms with Gasteiger partial charge in [0.1, 0.15) is 5.75 Å². The molecule has 1 nitrogen and oxygen atoms in total. The monoisotopic (exact) mass is 226 g/mol. The summed E-state index contributed by atoms with van der Waals surface area (Å²) in [7, 11) is 1.70. The molecule has 0 aliphatic heterocycles. The first-order valence-corrected chi connectivity index (χ1v) is 5.90. The standard InChI is InChI=1S/C16H18O/c1-12(2)4-5-13-6-7-15-11-16(17-3)9-8-14(15)10-13/h6-11H,1,4-5H2,2-3H3. The summed E-state index contributed by atoms with van der Waals surface area (Å²) in [5.41, 5.74) is 2.60. The van der Waals surface area contributed by atoms with Crippen LogP contribution in [-0.4, -0.2) is 7.11 Å². The lowest BCUT2D eigenvalue weighted by Gasteiger charge is -2.05. The van der Waals surface area contributed by atoms with Gasteiger partial charge in [0.15, 0.2) is 0 Å². The summed E-state index contributed by atoms with van der Waals surface area (Å²) in [6, 6.07) is 12.8. The van der Waals surface area contributed by atoms with Crippen molar-refractivity contribution < 1.29 is 4.74 Å². The van der Waals surface area contributed by atoms with Crippen LogP contribution in [0.25, 0.3) is 10.8 Å². The predicted octanol–water partition coefficient (Wildman–Crippen LogP) is 4.36. The average molecular weight is 226 g/mol. The number of rotatable bonds is 4. The third-order valence-corrected chi connectivity index (χ3v) is 2.95. The van der Waals surface area contributed by atoms with E-state index in [9.17, 15) is 0 Å². The summed E-state index contributed by atoms with van der Waals surface area (Å²) in [6.07, 6.45) is 2.12. The fraction of sp³-hybridized carbons (Fsp3) is 0.250. The van der Waals surface area contributed by atoms with Gasteiger partial charge in [0, 0.05) is 0 Å². The lowest BCUT2D eigenvalue weighted by Crippen LogP contribution is -1.87. The number of methoxy groups -OCH3 is 1. The number of allylic oxidation sites excluding steroid dienone is 1. The van der Waals surface area contributed by atoms with Crippen molar-refractivity contribution in [2.75, 3.05) is 7.11 Å². The van der Waals surface area contributed by atoms with E-state index in [2.05, 4.69) is 43.8 Å². The number of hydrogen-bond donors (Lipinski definition) is 0. The SMILES string of the molecule is C=C(C)CCc1ccc2cc(OC)ccc2c1. The first kappa shape index (κ1) is 11.7. The zero-order valence-electron chi connectivity index (χ0n) is 10.5. The normalized spacial score (nSPS) is 10.5. The molecule has 1 heteroatoms. The predicted molar refractivity (Wildman–Crippen MR) is 73.6 cm³/mol. The average Bonchev–Trinajstić information content (AvgIpc) is 2.35. The maximum Gasteiger partial charge on any atom is 0.119 e. The quantitative estimate of drug-likeness (QED) is 0.704. The summed E-state index contributed by atoms with van der Waals surface area (Å²) in [6.45, 7) is 6.01. The van der Waals surface area contributed by atoms with Gasteiger partial charge in [-0.25, -0.2) is 0 Å². The number of ether oxygens (including phenoxy) is 1. The van der Waals surface area contributed by atoms with Crippen LogP contribution in [0.4, 0.5) is 0 Å². The summed E-state index contributed by atoms with van der Waals surface area (Å²) in [5.74, 6) is 0.909. The van der Waals surface area contributed by atoms with E-state index in [1.54, 1.807) is 7.11 Å². The van der Waals surface area contributed by atoms with Crippen LogP contribution >= 0.6 is 0 Å².